The molecule has 2 aromatic rings. The Hall–Kier alpha value is -3.88. The lowest BCUT2D eigenvalue weighted by molar-refractivity contribution is -0.410. The summed E-state index contributed by atoms with van der Waals surface area (Å²) >= 11 is 0. The summed E-state index contributed by atoms with van der Waals surface area (Å²) in [5, 5.41) is 4.06. The van der Waals surface area contributed by atoms with Crippen molar-refractivity contribution in [2.24, 2.45) is 0 Å². The van der Waals surface area contributed by atoms with Gasteiger partial charge in [-0.1, -0.05) is 60.7 Å². The van der Waals surface area contributed by atoms with Gasteiger partial charge in [-0.3, -0.25) is 29.8 Å². The third kappa shape index (κ3) is 8.57. The van der Waals surface area contributed by atoms with Gasteiger partial charge in [0.1, 0.15) is 11.2 Å². The lowest BCUT2D eigenvalue weighted by Gasteiger charge is -2.31. The third-order valence-electron chi connectivity index (χ3n) is 4.66. The summed E-state index contributed by atoms with van der Waals surface area (Å²) in [7, 11) is 0. The van der Waals surface area contributed by atoms with E-state index < -0.39 is 11.2 Å². The molecule has 0 spiro atoms. The molecule has 0 bridgehead atoms. The molecule has 34 heavy (non-hydrogen) atoms. The topological polar surface area (TPSA) is 111 Å². The van der Waals surface area contributed by atoms with E-state index in [1.807, 2.05) is 99.0 Å². The molecule has 2 aromatic carbocycles. The number of hydrogen-bond acceptors (Lipinski definition) is 6. The molecule has 8 heteroatoms. The molecule has 8 nitrogen and oxygen atoms in total. The molecule has 4 rings (SSSR count). The summed E-state index contributed by atoms with van der Waals surface area (Å²) in [5.74, 6) is -1.31. The van der Waals surface area contributed by atoms with Crippen LogP contribution in [0.2, 0.25) is 0 Å². The molecule has 0 saturated heterocycles. The van der Waals surface area contributed by atoms with Crippen LogP contribution >= 0.6 is 0 Å². The van der Waals surface area contributed by atoms with Crippen molar-refractivity contribution in [2.45, 2.75) is 38.9 Å². The SMILES string of the molecule is CC(C)(OOC(C)(C)c1ccccc1)c1ccccc1.O=C1C=CC(=O)N1.O=C1C=CC(=O)N1. The van der Waals surface area contributed by atoms with Gasteiger partial charge in [-0.2, -0.15) is 0 Å². The number of nitrogens with one attached hydrogen (secondary N) is 2. The van der Waals surface area contributed by atoms with Crippen molar-refractivity contribution < 1.29 is 29.0 Å². The molecule has 2 N–H and O–H groups in total. The van der Waals surface area contributed by atoms with E-state index in [9.17, 15) is 19.2 Å². The number of carbonyl (C=O) groups is 4. The Balaban J connectivity index is 0.000000235. The second-order valence-corrected chi connectivity index (χ2v) is 8.29. The molecule has 0 atom stereocenters. The molecule has 2 heterocycles. The third-order valence-corrected chi connectivity index (χ3v) is 4.66. The zero-order chi connectivity index (χ0) is 25.2. The Bertz CT molecular complexity index is 953. The smallest absolute Gasteiger partial charge is 0.250 e. The van der Waals surface area contributed by atoms with Crippen LogP contribution in [-0.4, -0.2) is 23.6 Å². The molecule has 0 aromatic heterocycles. The van der Waals surface area contributed by atoms with Crippen LogP contribution in [0.15, 0.2) is 85.0 Å². The summed E-state index contributed by atoms with van der Waals surface area (Å²) in [5.41, 5.74) is 1.19. The van der Waals surface area contributed by atoms with E-state index in [0.29, 0.717) is 0 Å². The Morgan fingerprint density at radius 1 is 0.500 bits per heavy atom. The number of amides is 4. The van der Waals surface area contributed by atoms with Gasteiger partial charge in [0.05, 0.1) is 0 Å². The molecule has 0 aliphatic carbocycles. The molecule has 2 aliphatic rings. The minimum Gasteiger partial charge on any atom is -0.289 e. The highest BCUT2D eigenvalue weighted by atomic mass is 17.2. The number of rotatable bonds is 5. The Morgan fingerprint density at radius 3 is 0.971 bits per heavy atom. The van der Waals surface area contributed by atoms with Gasteiger partial charge in [-0.05, 0) is 38.8 Å². The van der Waals surface area contributed by atoms with Gasteiger partial charge in [-0.25, -0.2) is 9.78 Å². The largest absolute Gasteiger partial charge is 0.289 e. The summed E-state index contributed by atoms with van der Waals surface area (Å²) in [6, 6.07) is 20.2. The average molecular weight is 465 g/mol. The van der Waals surface area contributed by atoms with Gasteiger partial charge >= 0.3 is 0 Å². The number of hydrogen-bond donors (Lipinski definition) is 2. The first-order chi connectivity index (χ1) is 16.0. The highest BCUT2D eigenvalue weighted by molar-refractivity contribution is 6.13. The fourth-order valence-electron chi connectivity index (χ4n) is 2.70. The quantitative estimate of drug-likeness (QED) is 0.399. The Labute approximate surface area is 198 Å². The maximum Gasteiger partial charge on any atom is 0.250 e. The second-order valence-electron chi connectivity index (χ2n) is 8.29. The minimum atomic E-state index is -0.493. The maximum atomic E-state index is 10.0. The van der Waals surface area contributed by atoms with E-state index >= 15 is 0 Å². The molecule has 0 saturated carbocycles. The van der Waals surface area contributed by atoms with Crippen LogP contribution in [-0.2, 0) is 40.2 Å². The van der Waals surface area contributed by atoms with Crippen LogP contribution in [0.1, 0.15) is 38.8 Å². The summed E-state index contributed by atoms with van der Waals surface area (Å²) < 4.78 is 0. The van der Waals surface area contributed by atoms with Crippen LogP contribution in [0.5, 0.6) is 0 Å². The predicted molar refractivity (Wildman–Crippen MR) is 126 cm³/mol. The van der Waals surface area contributed by atoms with Crippen molar-refractivity contribution in [3.05, 3.63) is 96.1 Å². The van der Waals surface area contributed by atoms with Crippen LogP contribution in [0.3, 0.4) is 0 Å². The predicted octanol–water partition coefficient (Wildman–Crippen LogP) is 3.20. The van der Waals surface area contributed by atoms with Crippen molar-refractivity contribution in [2.75, 3.05) is 0 Å². The van der Waals surface area contributed by atoms with Crippen LogP contribution in [0.4, 0.5) is 0 Å². The number of benzene rings is 2. The van der Waals surface area contributed by atoms with Crippen molar-refractivity contribution in [3.8, 4) is 0 Å². The molecule has 0 unspecified atom stereocenters. The first-order valence-electron chi connectivity index (χ1n) is 10.5. The first kappa shape index (κ1) is 26.4. The normalized spacial score (nSPS) is 14.6. The van der Waals surface area contributed by atoms with Crippen molar-refractivity contribution in [1.82, 2.24) is 10.6 Å². The molecule has 4 amide bonds. The Morgan fingerprint density at radius 2 is 0.765 bits per heavy atom. The van der Waals surface area contributed by atoms with Gasteiger partial charge in [0.25, 0.3) is 23.6 Å². The van der Waals surface area contributed by atoms with Gasteiger partial charge in [0.15, 0.2) is 0 Å². The monoisotopic (exact) mass is 464 g/mol. The summed E-state index contributed by atoms with van der Waals surface area (Å²) in [6.07, 6.45) is 4.79. The minimum absolute atomic E-state index is 0.329. The Kier molecular flexibility index (Phi) is 9.18. The molecular formula is C26H28N2O6. The van der Waals surface area contributed by atoms with Gasteiger partial charge < -0.3 is 0 Å². The average Bonchev–Trinajstić information content (AvgIpc) is 3.40. The van der Waals surface area contributed by atoms with Crippen molar-refractivity contribution in [3.63, 3.8) is 0 Å². The van der Waals surface area contributed by atoms with E-state index in [2.05, 4.69) is 0 Å². The zero-order valence-corrected chi connectivity index (χ0v) is 19.5. The molecule has 2 aliphatic heterocycles. The second kappa shape index (κ2) is 11.8. The van der Waals surface area contributed by atoms with E-state index in [1.165, 1.54) is 24.3 Å². The van der Waals surface area contributed by atoms with Crippen molar-refractivity contribution in [1.29, 1.82) is 0 Å². The van der Waals surface area contributed by atoms with E-state index in [-0.39, 0.29) is 23.6 Å². The summed E-state index contributed by atoms with van der Waals surface area (Å²) in [6.45, 7) is 8.01. The van der Waals surface area contributed by atoms with E-state index in [1.54, 1.807) is 0 Å². The number of carbonyl (C=O) groups excluding carboxylic acids is 4. The zero-order valence-electron chi connectivity index (χ0n) is 19.5. The lowest BCUT2D eigenvalue weighted by Crippen LogP contribution is -2.29. The van der Waals surface area contributed by atoms with Crippen molar-refractivity contribution >= 4 is 23.6 Å². The molecule has 178 valence electrons. The maximum absolute atomic E-state index is 10.0. The highest BCUT2D eigenvalue weighted by Crippen LogP contribution is 2.31. The fourth-order valence-corrected chi connectivity index (χ4v) is 2.70. The highest BCUT2D eigenvalue weighted by Gasteiger charge is 2.29. The number of imide groups is 2. The van der Waals surface area contributed by atoms with E-state index in [4.69, 9.17) is 9.78 Å². The molecule has 0 fully saturated rings. The standard InChI is InChI=1S/C18H22O2.2C4H3NO2/c1-17(2,15-11-7-5-8-12-15)19-20-18(3,4)16-13-9-6-10-14-16;2*6-3-1-2-4(7)5-3/h5-14H,1-4H3;2*1-2H,(H,5,6,7). The van der Waals surface area contributed by atoms with Gasteiger partial charge in [-0.15, -0.1) is 0 Å². The van der Waals surface area contributed by atoms with Crippen LogP contribution in [0, 0.1) is 0 Å². The van der Waals surface area contributed by atoms with Gasteiger partial charge in [0, 0.05) is 24.3 Å². The van der Waals surface area contributed by atoms with E-state index in [0.717, 1.165) is 11.1 Å². The lowest BCUT2D eigenvalue weighted by atomic mass is 9.98. The fraction of sp³-hybridized carbons (Fsp3) is 0.231. The molecule has 0 radical (unpaired) electrons. The van der Waals surface area contributed by atoms with Crippen LogP contribution < -0.4 is 10.6 Å². The summed E-state index contributed by atoms with van der Waals surface area (Å²) in [4.78, 5) is 51.6. The first-order valence-corrected chi connectivity index (χ1v) is 10.5. The molecular weight excluding hydrogens is 436 g/mol. The van der Waals surface area contributed by atoms with Crippen LogP contribution in [0.25, 0.3) is 0 Å². The van der Waals surface area contributed by atoms with Gasteiger partial charge in [0.2, 0.25) is 0 Å².